The molecule has 0 aliphatic carbocycles. The molecule has 1 aliphatic heterocycles. The van der Waals surface area contributed by atoms with Crippen molar-refractivity contribution in [2.75, 3.05) is 6.79 Å². The molecule has 2 nitrogen and oxygen atoms in total. The Morgan fingerprint density at radius 3 is 1.56 bits per heavy atom. The van der Waals surface area contributed by atoms with E-state index in [4.69, 9.17) is 9.47 Å². The predicted octanol–water partition coefficient (Wildman–Crippen LogP) is 6.60. The minimum atomic E-state index is 0.225. The molecule has 0 saturated heterocycles. The number of hydrogen-bond donors (Lipinski definition) is 0. The van der Waals surface area contributed by atoms with Crippen molar-refractivity contribution in [1.82, 2.24) is 0 Å². The van der Waals surface area contributed by atoms with E-state index in [0.717, 1.165) is 29.8 Å². The maximum absolute atomic E-state index is 6.04. The lowest BCUT2D eigenvalue weighted by molar-refractivity contribution is 0.123. The van der Waals surface area contributed by atoms with Crippen LogP contribution in [-0.2, 0) is 0 Å². The molecule has 4 aromatic rings. The van der Waals surface area contributed by atoms with Gasteiger partial charge in [0.25, 0.3) is 0 Å². The fourth-order valence-corrected chi connectivity index (χ4v) is 5.04. The van der Waals surface area contributed by atoms with Crippen LogP contribution in [0.15, 0.2) is 60.7 Å². The van der Waals surface area contributed by atoms with E-state index in [2.05, 4.69) is 106 Å². The van der Waals surface area contributed by atoms with Gasteiger partial charge in [-0.1, -0.05) is 48.5 Å². The first kappa shape index (κ1) is 15.7. The zero-order chi connectivity index (χ0) is 17.0. The minimum absolute atomic E-state index is 0.225. The normalized spacial score (nSPS) is 12.9. The van der Waals surface area contributed by atoms with Crippen LogP contribution in [-0.4, -0.2) is 6.79 Å². The first-order chi connectivity index (χ1) is 12.2. The van der Waals surface area contributed by atoms with Crippen LogP contribution in [0.3, 0.4) is 0 Å². The van der Waals surface area contributed by atoms with Crippen molar-refractivity contribution < 1.29 is 9.47 Å². The van der Waals surface area contributed by atoms with Gasteiger partial charge in [0.2, 0.25) is 6.79 Å². The summed E-state index contributed by atoms with van der Waals surface area (Å²) >= 11 is 4.71. The quantitative estimate of drug-likeness (QED) is 0.230. The Balaban J connectivity index is 2.05. The van der Waals surface area contributed by atoms with E-state index in [-0.39, 0.29) is 6.79 Å². The van der Waals surface area contributed by atoms with Gasteiger partial charge < -0.3 is 9.47 Å². The van der Waals surface area contributed by atoms with Crippen LogP contribution in [0.4, 0.5) is 0 Å². The molecule has 4 aromatic carbocycles. The van der Waals surface area contributed by atoms with Crippen LogP contribution >= 0.6 is 45.2 Å². The average molecular weight is 550 g/mol. The topological polar surface area (TPSA) is 18.5 Å². The van der Waals surface area contributed by atoms with E-state index in [9.17, 15) is 0 Å². The lowest BCUT2D eigenvalue weighted by Gasteiger charge is -2.16. The molecular weight excluding hydrogens is 538 g/mol. The van der Waals surface area contributed by atoms with Gasteiger partial charge in [0.1, 0.15) is 11.5 Å². The lowest BCUT2D eigenvalue weighted by atomic mass is 9.92. The van der Waals surface area contributed by atoms with E-state index in [0.29, 0.717) is 0 Å². The number of ether oxygens (including phenoxy) is 2. The van der Waals surface area contributed by atoms with Gasteiger partial charge in [-0.05, 0) is 78.9 Å². The first-order valence-corrected chi connectivity index (χ1v) is 10.1. The lowest BCUT2D eigenvalue weighted by Crippen LogP contribution is -2.05. The highest BCUT2D eigenvalue weighted by molar-refractivity contribution is 14.1. The minimum Gasteiger partial charge on any atom is -0.456 e. The summed E-state index contributed by atoms with van der Waals surface area (Å²) in [6.45, 7) is 0.225. The summed E-state index contributed by atoms with van der Waals surface area (Å²) in [7, 11) is 0. The van der Waals surface area contributed by atoms with Crippen molar-refractivity contribution in [2.45, 2.75) is 0 Å². The fraction of sp³-hybridized carbons (Fsp3) is 0.0476. The van der Waals surface area contributed by atoms with Gasteiger partial charge in [-0.25, -0.2) is 0 Å². The summed E-state index contributed by atoms with van der Waals surface area (Å²) in [6, 6.07) is 21.3. The highest BCUT2D eigenvalue weighted by Crippen LogP contribution is 2.50. The zero-order valence-electron chi connectivity index (χ0n) is 13.1. The molecule has 0 aromatic heterocycles. The van der Waals surface area contributed by atoms with Crippen LogP contribution in [0.2, 0.25) is 0 Å². The second-order valence-electron chi connectivity index (χ2n) is 5.97. The first-order valence-electron chi connectivity index (χ1n) is 7.92. The summed E-state index contributed by atoms with van der Waals surface area (Å²) in [6.07, 6.45) is 0. The van der Waals surface area contributed by atoms with E-state index in [1.54, 1.807) is 0 Å². The second-order valence-corrected chi connectivity index (χ2v) is 8.30. The Hall–Kier alpha value is -1.54. The van der Waals surface area contributed by atoms with Gasteiger partial charge in [-0.15, -0.1) is 0 Å². The Morgan fingerprint density at radius 1 is 0.640 bits per heavy atom. The number of benzene rings is 4. The number of halogens is 2. The molecule has 0 amide bonds. The summed E-state index contributed by atoms with van der Waals surface area (Å²) in [5, 5.41) is 4.81. The van der Waals surface area contributed by atoms with E-state index in [1.165, 1.54) is 21.5 Å². The molecule has 0 fully saturated rings. The molecule has 1 heterocycles. The fourth-order valence-electron chi connectivity index (χ4n) is 3.51. The molecule has 0 radical (unpaired) electrons. The molecule has 0 atom stereocenters. The van der Waals surface area contributed by atoms with Crippen molar-refractivity contribution in [3.05, 3.63) is 67.8 Å². The Bertz CT molecular complexity index is 1060. The van der Waals surface area contributed by atoms with Crippen LogP contribution < -0.4 is 9.47 Å². The molecule has 122 valence electrons. The number of rotatable bonds is 0. The maximum Gasteiger partial charge on any atom is 0.231 e. The highest BCUT2D eigenvalue weighted by atomic mass is 127. The third kappa shape index (κ3) is 2.41. The number of fused-ring (bicyclic) bond motifs is 7. The highest BCUT2D eigenvalue weighted by Gasteiger charge is 2.25. The molecule has 5 rings (SSSR count). The summed E-state index contributed by atoms with van der Waals surface area (Å²) in [4.78, 5) is 0. The van der Waals surface area contributed by atoms with Crippen molar-refractivity contribution in [3.63, 3.8) is 0 Å². The third-order valence-electron chi connectivity index (χ3n) is 4.57. The van der Waals surface area contributed by atoms with E-state index < -0.39 is 0 Å². The Labute approximate surface area is 172 Å². The van der Waals surface area contributed by atoms with Crippen LogP contribution in [0.25, 0.3) is 32.7 Å². The molecule has 0 bridgehead atoms. The van der Waals surface area contributed by atoms with Gasteiger partial charge in [0.05, 0.1) is 7.14 Å². The van der Waals surface area contributed by atoms with Crippen LogP contribution in [0, 0.1) is 7.14 Å². The van der Waals surface area contributed by atoms with Crippen molar-refractivity contribution in [3.8, 4) is 22.6 Å². The molecule has 0 N–H and O–H groups in total. The SMILES string of the molecule is Ic1cc2ccccc2c2c1OCOc1c(I)cc3ccccc3c1-2. The van der Waals surface area contributed by atoms with Crippen LogP contribution in [0.1, 0.15) is 0 Å². The molecule has 0 spiro atoms. The van der Waals surface area contributed by atoms with Crippen molar-refractivity contribution in [1.29, 1.82) is 0 Å². The van der Waals surface area contributed by atoms with E-state index >= 15 is 0 Å². The standard InChI is InChI=1S/C21H12I2O2/c22-16-9-12-5-1-3-7-14(12)18-19-15-8-4-2-6-13(15)10-17(23)21(19)25-11-24-20(16)18/h1-10H,11H2. The van der Waals surface area contributed by atoms with Gasteiger partial charge in [-0.2, -0.15) is 0 Å². The average Bonchev–Trinajstić information content (AvgIpc) is 2.83. The smallest absolute Gasteiger partial charge is 0.231 e. The summed E-state index contributed by atoms with van der Waals surface area (Å²) < 4.78 is 14.3. The molecule has 1 aliphatic rings. The maximum atomic E-state index is 6.04. The molecule has 0 unspecified atom stereocenters. The zero-order valence-corrected chi connectivity index (χ0v) is 17.4. The summed E-state index contributed by atoms with van der Waals surface area (Å²) in [5.41, 5.74) is 2.26. The number of hydrogen-bond acceptors (Lipinski definition) is 2. The largest absolute Gasteiger partial charge is 0.456 e. The molecular formula is C21H12I2O2. The molecule has 4 heteroatoms. The van der Waals surface area contributed by atoms with Crippen LogP contribution in [0.5, 0.6) is 11.5 Å². The third-order valence-corrected chi connectivity index (χ3v) is 6.17. The Morgan fingerprint density at radius 2 is 1.08 bits per heavy atom. The van der Waals surface area contributed by atoms with Gasteiger partial charge in [0, 0.05) is 11.1 Å². The van der Waals surface area contributed by atoms with Crippen molar-refractivity contribution in [2.24, 2.45) is 0 Å². The van der Waals surface area contributed by atoms with E-state index in [1.807, 2.05) is 0 Å². The predicted molar refractivity (Wildman–Crippen MR) is 118 cm³/mol. The van der Waals surface area contributed by atoms with Gasteiger partial charge >= 0.3 is 0 Å². The molecule has 0 saturated carbocycles. The summed E-state index contributed by atoms with van der Waals surface area (Å²) in [5.74, 6) is 1.82. The Kier molecular flexibility index (Phi) is 3.78. The van der Waals surface area contributed by atoms with Crippen molar-refractivity contribution >= 4 is 66.7 Å². The van der Waals surface area contributed by atoms with Gasteiger partial charge in [-0.3, -0.25) is 0 Å². The monoisotopic (exact) mass is 550 g/mol. The second kappa shape index (κ2) is 6.02. The molecule has 25 heavy (non-hydrogen) atoms. The van der Waals surface area contributed by atoms with Gasteiger partial charge in [0.15, 0.2) is 0 Å².